The third-order valence-electron chi connectivity index (χ3n) is 3.79. The van der Waals surface area contributed by atoms with Crippen LogP contribution in [0.3, 0.4) is 0 Å². The molecule has 160 valence electrons. The van der Waals surface area contributed by atoms with Crippen molar-refractivity contribution in [1.29, 1.82) is 0 Å². The Balaban J connectivity index is 1.90. The van der Waals surface area contributed by atoms with E-state index in [9.17, 15) is 23.1 Å². The van der Waals surface area contributed by atoms with E-state index in [1.54, 1.807) is 30.3 Å². The summed E-state index contributed by atoms with van der Waals surface area (Å²) in [6.07, 6.45) is 1.23. The molecular weight excluding hydrogens is 468 g/mol. The Hall–Kier alpha value is -3.19. The van der Waals surface area contributed by atoms with Crippen LogP contribution in [0.5, 0.6) is 0 Å². The first kappa shape index (κ1) is 22.5. The number of non-ortho nitro benzene ring substituents is 1. The number of hydrogen-bond donors (Lipinski definition) is 1. The van der Waals surface area contributed by atoms with Gasteiger partial charge in [0, 0.05) is 35.6 Å². The van der Waals surface area contributed by atoms with Gasteiger partial charge in [0.05, 0.1) is 9.95 Å². The highest BCUT2D eigenvalue weighted by molar-refractivity contribution is 7.91. The van der Waals surface area contributed by atoms with Gasteiger partial charge in [0.25, 0.3) is 5.69 Å². The van der Waals surface area contributed by atoms with Crippen LogP contribution >= 0.6 is 11.6 Å². The van der Waals surface area contributed by atoms with Crippen LogP contribution < -0.4 is 5.73 Å². The van der Waals surface area contributed by atoms with Gasteiger partial charge in [-0.3, -0.25) is 14.4 Å². The molecule has 1 atom stereocenters. The Labute approximate surface area is 184 Å². The summed E-state index contributed by atoms with van der Waals surface area (Å²) >= 11 is 4.23. The van der Waals surface area contributed by atoms with E-state index in [4.69, 9.17) is 17.3 Å². The van der Waals surface area contributed by atoms with Crippen LogP contribution in [0.1, 0.15) is 5.69 Å². The van der Waals surface area contributed by atoms with E-state index in [2.05, 4.69) is 14.4 Å². The summed E-state index contributed by atoms with van der Waals surface area (Å²) in [5, 5.41) is 14.3. The average molecular weight is 481 g/mol. The van der Waals surface area contributed by atoms with E-state index in [0.717, 1.165) is 24.3 Å². The molecule has 0 saturated carbocycles. The Kier molecular flexibility index (Phi) is 6.75. The van der Waals surface area contributed by atoms with E-state index in [0.29, 0.717) is 4.90 Å². The SMILES string of the molecule is N/C(=N\OS(=O)(=O)c1ccc([N+](=O)[O-])cc1)c1ncc(Cl)cc1[S+]([O-])c1ccccc1. The summed E-state index contributed by atoms with van der Waals surface area (Å²) in [6, 6.07) is 13.8. The fourth-order valence-electron chi connectivity index (χ4n) is 2.34. The van der Waals surface area contributed by atoms with Crippen molar-refractivity contribution in [3.05, 3.63) is 87.7 Å². The highest BCUT2D eigenvalue weighted by atomic mass is 35.5. The third-order valence-corrected chi connectivity index (χ3v) is 6.53. The van der Waals surface area contributed by atoms with E-state index in [1.165, 1.54) is 12.3 Å². The summed E-state index contributed by atoms with van der Waals surface area (Å²) in [6.45, 7) is 0. The number of pyridine rings is 1. The number of oxime groups is 1. The number of rotatable bonds is 7. The molecule has 2 N–H and O–H groups in total. The Morgan fingerprint density at radius 2 is 1.81 bits per heavy atom. The summed E-state index contributed by atoms with van der Waals surface area (Å²) in [5.74, 6) is -0.457. The first-order valence-electron chi connectivity index (χ1n) is 8.33. The monoisotopic (exact) mass is 480 g/mol. The van der Waals surface area contributed by atoms with Crippen LogP contribution in [0, 0.1) is 10.1 Å². The molecule has 3 aromatic rings. The number of nitro groups is 1. The molecule has 1 aromatic heterocycles. The number of nitrogens with two attached hydrogens (primary N) is 1. The summed E-state index contributed by atoms with van der Waals surface area (Å²) in [5.41, 5.74) is 5.47. The van der Waals surface area contributed by atoms with E-state index >= 15 is 0 Å². The zero-order chi connectivity index (χ0) is 22.6. The highest BCUT2D eigenvalue weighted by Gasteiger charge is 2.24. The van der Waals surface area contributed by atoms with Crippen molar-refractivity contribution in [1.82, 2.24) is 4.98 Å². The van der Waals surface area contributed by atoms with Crippen molar-refractivity contribution in [2.24, 2.45) is 10.9 Å². The lowest BCUT2D eigenvalue weighted by Gasteiger charge is -2.13. The quantitative estimate of drug-likeness (QED) is 0.177. The predicted octanol–water partition coefficient (Wildman–Crippen LogP) is 2.84. The molecule has 0 radical (unpaired) electrons. The molecule has 31 heavy (non-hydrogen) atoms. The van der Waals surface area contributed by atoms with Crippen molar-refractivity contribution in [2.75, 3.05) is 0 Å². The number of benzene rings is 2. The standard InChI is InChI=1S/C18H13ClN4O6S2/c19-12-10-16(30(26)14-4-2-1-3-5-14)17(21-11-12)18(20)22-29-31(27,28)15-8-6-13(7-9-15)23(24)25/h1-11H,(H2,20,22). The number of nitrogens with zero attached hydrogens (tertiary/aromatic N) is 3. The van der Waals surface area contributed by atoms with Gasteiger partial charge in [-0.05, 0) is 29.4 Å². The molecule has 0 aliphatic heterocycles. The molecule has 1 unspecified atom stereocenters. The van der Waals surface area contributed by atoms with Crippen LogP contribution in [0.2, 0.25) is 5.02 Å². The van der Waals surface area contributed by atoms with E-state index in [1.807, 2.05) is 0 Å². The lowest BCUT2D eigenvalue weighted by atomic mass is 10.3. The first-order valence-corrected chi connectivity index (χ1v) is 11.3. The van der Waals surface area contributed by atoms with Gasteiger partial charge < -0.3 is 10.3 Å². The van der Waals surface area contributed by atoms with Gasteiger partial charge in [0.15, 0.2) is 21.3 Å². The minimum Gasteiger partial charge on any atom is -0.606 e. The molecule has 10 nitrogen and oxygen atoms in total. The molecule has 0 aliphatic carbocycles. The summed E-state index contributed by atoms with van der Waals surface area (Å²) in [7, 11) is -4.42. The zero-order valence-corrected chi connectivity index (χ0v) is 17.8. The molecule has 0 bridgehead atoms. The molecule has 13 heteroatoms. The number of hydrogen-bond acceptors (Lipinski definition) is 8. The van der Waals surface area contributed by atoms with Gasteiger partial charge in [-0.15, -0.1) is 0 Å². The van der Waals surface area contributed by atoms with Crippen LogP contribution in [0.25, 0.3) is 0 Å². The summed E-state index contributed by atoms with van der Waals surface area (Å²) < 4.78 is 42.1. The average Bonchev–Trinajstić information content (AvgIpc) is 2.77. The van der Waals surface area contributed by atoms with Crippen molar-refractivity contribution in [3.8, 4) is 0 Å². The topological polar surface area (TPSA) is 161 Å². The van der Waals surface area contributed by atoms with Gasteiger partial charge >= 0.3 is 10.1 Å². The maximum atomic E-state index is 12.9. The van der Waals surface area contributed by atoms with Gasteiger partial charge in [0.2, 0.25) is 0 Å². The second kappa shape index (κ2) is 9.31. The van der Waals surface area contributed by atoms with E-state index < -0.39 is 32.1 Å². The minimum absolute atomic E-state index is 0.0783. The molecule has 0 fully saturated rings. The highest BCUT2D eigenvalue weighted by Crippen LogP contribution is 2.26. The lowest BCUT2D eigenvalue weighted by molar-refractivity contribution is -0.384. The number of aromatic nitrogens is 1. The Morgan fingerprint density at radius 1 is 1.16 bits per heavy atom. The molecule has 3 rings (SSSR count). The van der Waals surface area contributed by atoms with Crippen molar-refractivity contribution < 1.29 is 22.2 Å². The normalized spacial score (nSPS) is 12.9. The molecular formula is C18H13ClN4O6S2. The van der Waals surface area contributed by atoms with Crippen LogP contribution in [0.15, 0.2) is 86.7 Å². The van der Waals surface area contributed by atoms with Crippen LogP contribution in [0.4, 0.5) is 5.69 Å². The van der Waals surface area contributed by atoms with Crippen molar-refractivity contribution in [3.63, 3.8) is 0 Å². The van der Waals surface area contributed by atoms with Crippen molar-refractivity contribution >= 4 is 44.4 Å². The molecule has 0 saturated heterocycles. The Bertz CT molecular complexity index is 1240. The molecule has 0 aliphatic rings. The Morgan fingerprint density at radius 3 is 2.42 bits per heavy atom. The fourth-order valence-corrected chi connectivity index (χ4v) is 4.52. The molecule has 0 spiro atoms. The fraction of sp³-hybridized carbons (Fsp3) is 0. The first-order chi connectivity index (χ1) is 14.7. The number of nitro benzene ring substituents is 1. The molecule has 2 aromatic carbocycles. The van der Waals surface area contributed by atoms with Gasteiger partial charge in [-0.2, -0.15) is 8.42 Å². The van der Waals surface area contributed by atoms with Crippen molar-refractivity contribution in [2.45, 2.75) is 14.7 Å². The number of halogens is 1. The maximum absolute atomic E-state index is 12.9. The van der Waals surface area contributed by atoms with Crippen LogP contribution in [-0.2, 0) is 25.6 Å². The molecule has 1 heterocycles. The second-order valence-corrected chi connectivity index (χ2v) is 9.25. The molecule has 0 amide bonds. The van der Waals surface area contributed by atoms with E-state index in [-0.39, 0.29) is 26.2 Å². The largest absolute Gasteiger partial charge is 0.606 e. The predicted molar refractivity (Wildman–Crippen MR) is 112 cm³/mol. The third kappa shape index (κ3) is 5.30. The second-order valence-electron chi connectivity index (χ2n) is 5.84. The number of amidine groups is 1. The minimum atomic E-state index is -4.42. The smallest absolute Gasteiger partial charge is 0.358 e. The zero-order valence-electron chi connectivity index (χ0n) is 15.4. The summed E-state index contributed by atoms with van der Waals surface area (Å²) in [4.78, 5) is 14.2. The van der Waals surface area contributed by atoms with Crippen LogP contribution in [-0.4, -0.2) is 28.7 Å². The maximum Gasteiger partial charge on any atom is 0.358 e. The van der Waals surface area contributed by atoms with Gasteiger partial charge in [-0.1, -0.05) is 29.8 Å². The lowest BCUT2D eigenvalue weighted by Crippen LogP contribution is -2.21. The van der Waals surface area contributed by atoms with Gasteiger partial charge in [-0.25, -0.2) is 4.98 Å². The van der Waals surface area contributed by atoms with Gasteiger partial charge in [0.1, 0.15) is 4.90 Å².